The van der Waals surface area contributed by atoms with Crippen molar-refractivity contribution < 1.29 is 50.1 Å². The first kappa shape index (κ1) is 42.9. The SMILES string of the molecule is C=CCC(C(C)=O)(C(C)=O)C(C=C)/C=C/C1=CCCCC1.C=CCC(C)C.CC(=O)OC/C=C/C=C/C1=CCCCC1.[H-].[Na+]. The van der Waals surface area contributed by atoms with Crippen molar-refractivity contribution in [1.29, 1.82) is 0 Å². The molecule has 2 aliphatic rings. The molecule has 2 aliphatic carbocycles. The Labute approximate surface area is 286 Å². The number of allylic oxidation sites excluding steroid dienone is 12. The fourth-order valence-corrected chi connectivity index (χ4v) is 4.88. The van der Waals surface area contributed by atoms with E-state index in [-0.39, 0.29) is 54.4 Å². The molecule has 0 bridgehead atoms. The number of Topliss-reactive ketones (excluding diaryl/α,β-unsaturated/α-hetero) is 2. The number of ketones is 2. The van der Waals surface area contributed by atoms with Gasteiger partial charge in [0.15, 0.2) is 0 Å². The Kier molecular flexibility index (Phi) is 26.1. The summed E-state index contributed by atoms with van der Waals surface area (Å²) >= 11 is 0. The summed E-state index contributed by atoms with van der Waals surface area (Å²) in [6, 6.07) is 0. The number of carbonyl (C=O) groups is 3. The molecule has 5 heteroatoms. The molecule has 0 radical (unpaired) electrons. The molecule has 0 aromatic carbocycles. The maximum absolute atomic E-state index is 12.2. The third kappa shape index (κ3) is 18.9. The molecule has 0 N–H and O–H groups in total. The molecule has 0 aliphatic heterocycles. The Balaban J connectivity index is -0.000000640. The van der Waals surface area contributed by atoms with Gasteiger partial charge in [0, 0.05) is 12.8 Å². The number of hydrogen-bond acceptors (Lipinski definition) is 4. The second-order valence-electron chi connectivity index (χ2n) is 11.3. The van der Waals surface area contributed by atoms with Crippen LogP contribution in [0.1, 0.15) is 100 Å². The number of esters is 1. The van der Waals surface area contributed by atoms with Gasteiger partial charge in [-0.05, 0) is 90.0 Å². The van der Waals surface area contributed by atoms with Crippen LogP contribution in [-0.2, 0) is 19.1 Å². The molecule has 1 atom stereocenters. The number of hydrogen-bond donors (Lipinski definition) is 0. The van der Waals surface area contributed by atoms with Gasteiger partial charge >= 0.3 is 35.5 Å². The number of ether oxygens (including phenoxy) is 1. The van der Waals surface area contributed by atoms with Crippen LogP contribution in [-0.4, -0.2) is 24.1 Å². The second-order valence-corrected chi connectivity index (χ2v) is 11.3. The molecule has 0 aromatic heterocycles. The van der Waals surface area contributed by atoms with E-state index in [2.05, 4.69) is 57.9 Å². The summed E-state index contributed by atoms with van der Waals surface area (Å²) in [6.45, 7) is 20.2. The van der Waals surface area contributed by atoms with Gasteiger partial charge < -0.3 is 6.16 Å². The molecule has 43 heavy (non-hydrogen) atoms. The fraction of sp³-hybridized carbons (Fsp3) is 0.500. The van der Waals surface area contributed by atoms with Gasteiger partial charge in [-0.3, -0.25) is 14.4 Å². The molecule has 1 unspecified atom stereocenters. The van der Waals surface area contributed by atoms with E-state index >= 15 is 0 Å². The summed E-state index contributed by atoms with van der Waals surface area (Å²) in [5, 5.41) is 0. The van der Waals surface area contributed by atoms with Gasteiger partial charge in [0.1, 0.15) is 18.2 Å². The molecule has 0 aromatic rings. The Morgan fingerprint density at radius 2 is 1.44 bits per heavy atom. The average Bonchev–Trinajstić information content (AvgIpc) is 2.95. The van der Waals surface area contributed by atoms with Crippen LogP contribution in [0.3, 0.4) is 0 Å². The van der Waals surface area contributed by atoms with Crippen molar-refractivity contribution >= 4 is 17.5 Å². The first-order valence-electron chi connectivity index (χ1n) is 15.4. The Bertz CT molecular complexity index is 1020. The maximum atomic E-state index is 12.2. The topological polar surface area (TPSA) is 60.4 Å². The molecule has 234 valence electrons. The van der Waals surface area contributed by atoms with E-state index in [0.29, 0.717) is 13.0 Å². The van der Waals surface area contributed by atoms with E-state index < -0.39 is 5.41 Å². The Morgan fingerprint density at radius 1 is 0.884 bits per heavy atom. The van der Waals surface area contributed by atoms with E-state index in [1.807, 2.05) is 30.4 Å². The van der Waals surface area contributed by atoms with Gasteiger partial charge in [-0.2, -0.15) is 0 Å². The van der Waals surface area contributed by atoms with Crippen molar-refractivity contribution in [3.8, 4) is 0 Å². The van der Waals surface area contributed by atoms with Crippen molar-refractivity contribution in [1.82, 2.24) is 0 Å². The summed E-state index contributed by atoms with van der Waals surface area (Å²) in [6.07, 6.45) is 32.8. The predicted molar refractivity (Wildman–Crippen MR) is 180 cm³/mol. The smallest absolute Gasteiger partial charge is 1.00 e. The van der Waals surface area contributed by atoms with E-state index in [9.17, 15) is 14.4 Å². The largest absolute Gasteiger partial charge is 1.00 e. The molecule has 0 spiro atoms. The second kappa shape index (κ2) is 26.2. The summed E-state index contributed by atoms with van der Waals surface area (Å²) in [5.41, 5.74) is 1.64. The number of carbonyl (C=O) groups excluding carboxylic acids is 3. The van der Waals surface area contributed by atoms with Gasteiger partial charge in [-0.25, -0.2) is 0 Å². The third-order valence-corrected chi connectivity index (χ3v) is 7.29. The minimum atomic E-state index is -1.06. The van der Waals surface area contributed by atoms with E-state index in [1.54, 1.807) is 12.2 Å². The first-order valence-corrected chi connectivity index (χ1v) is 15.4. The molecule has 2 rings (SSSR count). The quantitative estimate of drug-likeness (QED) is 0.0703. The van der Waals surface area contributed by atoms with Gasteiger partial charge in [-0.15, -0.1) is 19.7 Å². The van der Waals surface area contributed by atoms with Crippen LogP contribution in [0.2, 0.25) is 0 Å². The van der Waals surface area contributed by atoms with Crippen molar-refractivity contribution in [3.05, 3.63) is 97.7 Å². The molecule has 0 saturated heterocycles. The van der Waals surface area contributed by atoms with Crippen LogP contribution in [0.5, 0.6) is 0 Å². The molecular weight excluding hydrogens is 543 g/mol. The van der Waals surface area contributed by atoms with E-state index in [1.165, 1.54) is 70.4 Å². The van der Waals surface area contributed by atoms with Gasteiger partial charge in [0.25, 0.3) is 0 Å². The number of rotatable bonds is 14. The zero-order valence-corrected chi connectivity index (χ0v) is 30.0. The summed E-state index contributed by atoms with van der Waals surface area (Å²) in [4.78, 5) is 34.8. The minimum absolute atomic E-state index is 0. The van der Waals surface area contributed by atoms with Crippen molar-refractivity contribution in [3.63, 3.8) is 0 Å². The van der Waals surface area contributed by atoms with Crippen molar-refractivity contribution in [2.45, 2.75) is 98.8 Å². The minimum Gasteiger partial charge on any atom is -1.00 e. The Hall–Kier alpha value is -2.27. The predicted octanol–water partition coefficient (Wildman–Crippen LogP) is 7.08. The van der Waals surface area contributed by atoms with Gasteiger partial charge in [-0.1, -0.05) is 85.8 Å². The van der Waals surface area contributed by atoms with Crippen LogP contribution in [0, 0.1) is 17.3 Å². The summed E-state index contributed by atoms with van der Waals surface area (Å²) in [5.74, 6) is -0.00130. The van der Waals surface area contributed by atoms with Gasteiger partial charge in [0.2, 0.25) is 0 Å². The molecule has 0 heterocycles. The van der Waals surface area contributed by atoms with Crippen LogP contribution in [0.15, 0.2) is 97.7 Å². The standard InChI is InChI=1S/C19H26O2.C13H18O2.C6H12.Na.H/c1-5-14-19(15(3)20,16(4)21)18(6-2)13-12-17-10-8-7-9-11-17;1-12(14)15-11-7-3-6-10-13-8-4-2-5-9-13;1-4-5-6(2)3;;/h5-6,10,12-13,18H,1-2,7-9,11,14H2,3-4H3;3,6-8,10H,2,4-5,9,11H2,1H3;4,6H,1,5H2,2-3H3;;/q;;;+1;-1/b13-12+;7-3+,10-6+;;;. The fourth-order valence-electron chi connectivity index (χ4n) is 4.88. The molecule has 4 nitrogen and oxygen atoms in total. The maximum Gasteiger partial charge on any atom is 1.00 e. The van der Waals surface area contributed by atoms with Crippen molar-refractivity contribution in [2.75, 3.05) is 6.61 Å². The van der Waals surface area contributed by atoms with E-state index in [0.717, 1.165) is 25.2 Å². The van der Waals surface area contributed by atoms with Crippen LogP contribution < -0.4 is 29.6 Å². The zero-order chi connectivity index (χ0) is 31.8. The molecular formula is C38H57NaO4. The van der Waals surface area contributed by atoms with Crippen LogP contribution in [0.4, 0.5) is 0 Å². The van der Waals surface area contributed by atoms with Crippen LogP contribution >= 0.6 is 0 Å². The summed E-state index contributed by atoms with van der Waals surface area (Å²) in [7, 11) is 0. The zero-order valence-electron chi connectivity index (χ0n) is 29.0. The molecule has 0 fully saturated rings. The summed E-state index contributed by atoms with van der Waals surface area (Å²) < 4.78 is 4.76. The Morgan fingerprint density at radius 3 is 1.81 bits per heavy atom. The molecule has 0 amide bonds. The van der Waals surface area contributed by atoms with E-state index in [4.69, 9.17) is 4.74 Å². The average molecular weight is 601 g/mol. The van der Waals surface area contributed by atoms with Gasteiger partial charge in [0.05, 0.1) is 5.41 Å². The first-order chi connectivity index (χ1) is 20.0. The normalized spacial score (nSPS) is 15.6. The molecule has 0 saturated carbocycles. The van der Waals surface area contributed by atoms with Crippen molar-refractivity contribution in [2.24, 2.45) is 17.3 Å². The van der Waals surface area contributed by atoms with Crippen LogP contribution in [0.25, 0.3) is 0 Å². The third-order valence-electron chi connectivity index (χ3n) is 7.29. The monoisotopic (exact) mass is 600 g/mol.